The zero-order chi connectivity index (χ0) is 18.7. The first-order valence-corrected chi connectivity index (χ1v) is 9.77. The van der Waals surface area contributed by atoms with Crippen LogP contribution in [0.15, 0.2) is 64.0 Å². The van der Waals surface area contributed by atoms with Crippen molar-refractivity contribution in [2.24, 2.45) is 0 Å². The highest BCUT2D eigenvalue weighted by atomic mass is 79.9. The van der Waals surface area contributed by atoms with Gasteiger partial charge in [-0.25, -0.2) is 4.79 Å². The highest BCUT2D eigenvalue weighted by Gasteiger charge is 2.40. The molecule has 2 aromatic rings. The second-order valence-electron chi connectivity index (χ2n) is 5.65. The molecule has 0 bridgehead atoms. The molecule has 0 unspecified atom stereocenters. The first-order valence-electron chi connectivity index (χ1n) is 7.75. The molecule has 1 fully saturated rings. The van der Waals surface area contributed by atoms with Crippen LogP contribution in [-0.4, -0.2) is 32.2 Å². The van der Waals surface area contributed by atoms with Crippen molar-refractivity contribution in [2.75, 3.05) is 0 Å². The summed E-state index contributed by atoms with van der Waals surface area (Å²) in [5.74, 6) is -1.45. The summed E-state index contributed by atoms with van der Waals surface area (Å²) in [5, 5.41) is 9.65. The summed E-state index contributed by atoms with van der Waals surface area (Å²) in [6.07, 6.45) is 1.93. The number of aliphatic carboxylic acids is 1. The lowest BCUT2D eigenvalue weighted by Gasteiger charge is -2.23. The van der Waals surface area contributed by atoms with Crippen molar-refractivity contribution in [3.05, 3.63) is 75.1 Å². The van der Waals surface area contributed by atoms with Crippen molar-refractivity contribution in [3.8, 4) is 0 Å². The minimum atomic E-state index is -1.08. The Labute approximate surface area is 169 Å². The molecule has 2 aromatic carbocycles. The maximum Gasteiger partial charge on any atom is 0.327 e. The molecule has 1 aliphatic rings. The fourth-order valence-electron chi connectivity index (χ4n) is 2.62. The van der Waals surface area contributed by atoms with E-state index in [-0.39, 0.29) is 16.6 Å². The number of hydrogen-bond acceptors (Lipinski definition) is 4. The summed E-state index contributed by atoms with van der Waals surface area (Å²) in [4.78, 5) is 26.2. The number of amides is 1. The minimum absolute atomic E-state index is 0.201. The van der Waals surface area contributed by atoms with Crippen molar-refractivity contribution >= 4 is 62.2 Å². The lowest BCUT2D eigenvalue weighted by molar-refractivity contribution is -0.145. The molecule has 0 radical (unpaired) electrons. The van der Waals surface area contributed by atoms with Crippen LogP contribution in [0.3, 0.4) is 0 Å². The number of thioether (sulfide) groups is 1. The maximum absolute atomic E-state index is 12.8. The van der Waals surface area contributed by atoms with Crippen LogP contribution in [0.25, 0.3) is 6.08 Å². The van der Waals surface area contributed by atoms with Crippen LogP contribution in [0.4, 0.5) is 0 Å². The molecule has 0 aliphatic carbocycles. The van der Waals surface area contributed by atoms with Crippen LogP contribution in [0.1, 0.15) is 11.1 Å². The lowest BCUT2D eigenvalue weighted by atomic mass is 10.0. The Kier molecular flexibility index (Phi) is 5.90. The maximum atomic E-state index is 12.8. The van der Waals surface area contributed by atoms with E-state index in [2.05, 4.69) is 15.9 Å². The van der Waals surface area contributed by atoms with Gasteiger partial charge in [0, 0.05) is 10.9 Å². The predicted molar refractivity (Wildman–Crippen MR) is 111 cm³/mol. The number of hydrogen-bond donors (Lipinski definition) is 1. The Hall–Kier alpha value is -1.96. The minimum Gasteiger partial charge on any atom is -0.480 e. The quantitative estimate of drug-likeness (QED) is 0.545. The second-order valence-corrected chi connectivity index (χ2v) is 8.24. The average molecular weight is 448 g/mol. The van der Waals surface area contributed by atoms with Crippen LogP contribution in [0, 0.1) is 0 Å². The van der Waals surface area contributed by atoms with E-state index in [0.717, 1.165) is 27.4 Å². The molecular formula is C19H14BrNO3S2. The van der Waals surface area contributed by atoms with Crippen molar-refractivity contribution in [3.63, 3.8) is 0 Å². The van der Waals surface area contributed by atoms with Crippen LogP contribution >= 0.6 is 39.9 Å². The molecule has 1 aliphatic heterocycles. The first kappa shape index (κ1) is 18.8. The Bertz CT molecular complexity index is 899. The number of thiocarbonyl (C=S) groups is 1. The highest BCUT2D eigenvalue weighted by Crippen LogP contribution is 2.35. The fourth-order valence-corrected chi connectivity index (χ4v) is 4.40. The molecular weight excluding hydrogens is 434 g/mol. The molecule has 3 rings (SSSR count). The molecule has 7 heteroatoms. The summed E-state index contributed by atoms with van der Waals surface area (Å²) < 4.78 is 1.16. The van der Waals surface area contributed by atoms with Gasteiger partial charge in [-0.05, 0) is 29.3 Å². The topological polar surface area (TPSA) is 57.6 Å². The Balaban J connectivity index is 1.88. The number of carbonyl (C=O) groups is 2. The van der Waals surface area contributed by atoms with Crippen LogP contribution in [0.5, 0.6) is 0 Å². The summed E-state index contributed by atoms with van der Waals surface area (Å²) in [5.41, 5.74) is 1.68. The van der Waals surface area contributed by atoms with Gasteiger partial charge in [0.15, 0.2) is 0 Å². The lowest BCUT2D eigenvalue weighted by Crippen LogP contribution is -2.45. The van der Waals surface area contributed by atoms with E-state index in [4.69, 9.17) is 12.2 Å². The molecule has 0 aromatic heterocycles. The molecule has 0 spiro atoms. The van der Waals surface area contributed by atoms with Gasteiger partial charge in [0.1, 0.15) is 10.4 Å². The largest absolute Gasteiger partial charge is 0.480 e. The van der Waals surface area contributed by atoms with Gasteiger partial charge in [-0.2, -0.15) is 0 Å². The first-order chi connectivity index (χ1) is 12.5. The number of carboxylic acids is 1. The van der Waals surface area contributed by atoms with Gasteiger partial charge in [0.25, 0.3) is 5.91 Å². The molecule has 1 saturated heterocycles. The SMILES string of the molecule is O=C(O)[C@H](Cc1ccccc1)N1C(=O)/C(=C/c2cccc(Br)c2)SC1=S. The average Bonchev–Trinajstić information content (AvgIpc) is 2.87. The normalized spacial score (nSPS) is 17.0. The highest BCUT2D eigenvalue weighted by molar-refractivity contribution is 9.10. The van der Waals surface area contributed by atoms with E-state index in [9.17, 15) is 14.7 Å². The predicted octanol–water partition coefficient (Wildman–Crippen LogP) is 4.35. The van der Waals surface area contributed by atoms with Crippen molar-refractivity contribution < 1.29 is 14.7 Å². The van der Waals surface area contributed by atoms with Gasteiger partial charge in [-0.15, -0.1) is 0 Å². The third kappa shape index (κ3) is 4.23. The zero-order valence-electron chi connectivity index (χ0n) is 13.5. The van der Waals surface area contributed by atoms with Crippen molar-refractivity contribution in [1.29, 1.82) is 0 Å². The van der Waals surface area contributed by atoms with Crippen LogP contribution in [-0.2, 0) is 16.0 Å². The third-order valence-corrected chi connectivity index (χ3v) is 5.66. The van der Waals surface area contributed by atoms with Gasteiger partial charge >= 0.3 is 5.97 Å². The van der Waals surface area contributed by atoms with Gasteiger partial charge in [0.2, 0.25) is 0 Å². The smallest absolute Gasteiger partial charge is 0.327 e. The molecule has 26 heavy (non-hydrogen) atoms. The molecule has 1 heterocycles. The molecule has 1 amide bonds. The van der Waals surface area contributed by atoms with Crippen LogP contribution in [0.2, 0.25) is 0 Å². The number of halogens is 1. The van der Waals surface area contributed by atoms with E-state index < -0.39 is 12.0 Å². The summed E-state index contributed by atoms with van der Waals surface area (Å²) in [7, 11) is 0. The van der Waals surface area contributed by atoms with E-state index in [0.29, 0.717) is 4.91 Å². The zero-order valence-corrected chi connectivity index (χ0v) is 16.7. The van der Waals surface area contributed by atoms with Gasteiger partial charge < -0.3 is 5.11 Å². The molecule has 1 N–H and O–H groups in total. The van der Waals surface area contributed by atoms with Gasteiger partial charge in [0.05, 0.1) is 4.91 Å². The van der Waals surface area contributed by atoms with Gasteiger partial charge in [-0.3, -0.25) is 9.69 Å². The van der Waals surface area contributed by atoms with E-state index >= 15 is 0 Å². The molecule has 0 saturated carbocycles. The number of benzene rings is 2. The van der Waals surface area contributed by atoms with E-state index in [1.807, 2.05) is 54.6 Å². The monoisotopic (exact) mass is 447 g/mol. The number of nitrogens with zero attached hydrogens (tertiary/aromatic N) is 1. The summed E-state index contributed by atoms with van der Waals surface area (Å²) >= 11 is 9.83. The number of carbonyl (C=O) groups excluding carboxylic acids is 1. The Morgan fingerprint density at radius 2 is 1.96 bits per heavy atom. The molecule has 132 valence electrons. The Morgan fingerprint density at radius 3 is 2.62 bits per heavy atom. The summed E-state index contributed by atoms with van der Waals surface area (Å²) in [6, 6.07) is 15.7. The number of rotatable bonds is 5. The van der Waals surface area contributed by atoms with Crippen molar-refractivity contribution in [2.45, 2.75) is 12.5 Å². The van der Waals surface area contributed by atoms with E-state index in [1.54, 1.807) is 6.08 Å². The Morgan fingerprint density at radius 1 is 1.23 bits per heavy atom. The van der Waals surface area contributed by atoms with Gasteiger partial charge in [-0.1, -0.05) is 82.4 Å². The second kappa shape index (κ2) is 8.16. The standard InChI is InChI=1S/C19H14BrNO3S2/c20-14-8-4-7-13(9-14)11-16-17(22)21(19(25)26-16)15(18(23)24)10-12-5-2-1-3-6-12/h1-9,11,15H,10H2,(H,23,24)/b16-11-/t15-/m0/s1. The van der Waals surface area contributed by atoms with Crippen molar-refractivity contribution in [1.82, 2.24) is 4.90 Å². The van der Waals surface area contributed by atoms with E-state index in [1.165, 1.54) is 4.90 Å². The fraction of sp³-hybridized carbons (Fsp3) is 0.105. The molecule has 1 atom stereocenters. The third-order valence-electron chi connectivity index (χ3n) is 3.84. The summed E-state index contributed by atoms with van der Waals surface area (Å²) in [6.45, 7) is 0. The molecule has 4 nitrogen and oxygen atoms in total. The van der Waals surface area contributed by atoms with Crippen LogP contribution < -0.4 is 0 Å². The number of carboxylic acid groups (broad SMARTS) is 1.